The summed E-state index contributed by atoms with van der Waals surface area (Å²) in [6.45, 7) is 4.78. The maximum Gasteiger partial charge on any atom is 0.221 e. The van der Waals surface area contributed by atoms with Crippen LogP contribution in [0.3, 0.4) is 0 Å². The highest BCUT2D eigenvalue weighted by atomic mass is 16.1. The number of carbonyl (C=O) groups excluding carboxylic acids is 1. The first-order valence-corrected chi connectivity index (χ1v) is 5.54. The Kier molecular flexibility index (Phi) is 4.52. The van der Waals surface area contributed by atoms with Crippen LogP contribution in [-0.2, 0) is 11.8 Å². The van der Waals surface area contributed by atoms with Gasteiger partial charge in [0.2, 0.25) is 5.91 Å². The largest absolute Gasteiger partial charge is 0.369 e. The Labute approximate surface area is 101 Å². The van der Waals surface area contributed by atoms with Crippen LogP contribution < -0.4 is 10.6 Å². The molecule has 92 valence electrons. The number of amides is 1. The van der Waals surface area contributed by atoms with E-state index in [1.54, 1.807) is 18.7 Å². The summed E-state index contributed by atoms with van der Waals surface area (Å²) in [4.78, 5) is 11.2. The van der Waals surface area contributed by atoms with E-state index < -0.39 is 0 Å². The first-order valence-electron chi connectivity index (χ1n) is 5.54. The van der Waals surface area contributed by atoms with Crippen LogP contribution in [0.25, 0.3) is 0 Å². The van der Waals surface area contributed by atoms with Crippen molar-refractivity contribution in [2.24, 2.45) is 7.05 Å². The zero-order valence-corrected chi connectivity index (χ0v) is 10.4. The molecule has 0 unspecified atom stereocenters. The molecule has 0 radical (unpaired) electrons. The summed E-state index contributed by atoms with van der Waals surface area (Å²) in [5.41, 5.74) is 1.22. The Morgan fingerprint density at radius 2 is 2.29 bits per heavy atom. The van der Waals surface area contributed by atoms with Crippen LogP contribution in [0.1, 0.15) is 24.6 Å². The van der Waals surface area contributed by atoms with Crippen LogP contribution in [0.4, 0.5) is 5.82 Å². The summed E-state index contributed by atoms with van der Waals surface area (Å²) in [5.74, 6) is 0.659. The fourth-order valence-electron chi connectivity index (χ4n) is 1.57. The topological polar surface area (TPSA) is 82.7 Å². The fourth-order valence-corrected chi connectivity index (χ4v) is 1.57. The number of aromatic nitrogens is 2. The normalized spacial score (nSPS) is 9.76. The summed E-state index contributed by atoms with van der Waals surface area (Å²) in [6.07, 6.45) is 0.378. The van der Waals surface area contributed by atoms with E-state index in [0.29, 0.717) is 36.6 Å². The third kappa shape index (κ3) is 3.21. The summed E-state index contributed by atoms with van der Waals surface area (Å²) in [5, 5.41) is 18.9. The first kappa shape index (κ1) is 13.0. The number of nitrogens with zero attached hydrogens (tertiary/aromatic N) is 3. The Morgan fingerprint density at radius 1 is 1.59 bits per heavy atom. The minimum absolute atomic E-state index is 0.00241. The summed E-state index contributed by atoms with van der Waals surface area (Å²) < 4.78 is 1.62. The standard InChI is InChI=1S/C11H17N5O/c1-4-13-10(17)5-6-14-11-9(7-12)8(2)15-16(11)3/h14H,4-6H2,1-3H3,(H,13,17). The van der Waals surface area contributed by atoms with Crippen LogP contribution in [0.15, 0.2) is 0 Å². The second-order valence-electron chi connectivity index (χ2n) is 3.67. The van der Waals surface area contributed by atoms with Crippen molar-refractivity contribution >= 4 is 11.7 Å². The van der Waals surface area contributed by atoms with E-state index >= 15 is 0 Å². The van der Waals surface area contributed by atoms with Gasteiger partial charge in [-0.2, -0.15) is 10.4 Å². The molecule has 0 fully saturated rings. The van der Waals surface area contributed by atoms with Gasteiger partial charge in [0.15, 0.2) is 0 Å². The zero-order chi connectivity index (χ0) is 12.8. The molecule has 0 atom stereocenters. The van der Waals surface area contributed by atoms with Crippen LogP contribution in [0.2, 0.25) is 0 Å². The van der Waals surface area contributed by atoms with Gasteiger partial charge in [0.1, 0.15) is 17.5 Å². The number of rotatable bonds is 5. The Morgan fingerprint density at radius 3 is 2.88 bits per heavy atom. The highest BCUT2D eigenvalue weighted by molar-refractivity contribution is 5.76. The molecule has 0 aliphatic heterocycles. The van der Waals surface area contributed by atoms with E-state index in [1.807, 2.05) is 6.92 Å². The Balaban J connectivity index is 2.58. The molecule has 1 heterocycles. The molecule has 0 bridgehead atoms. The third-order valence-electron chi connectivity index (χ3n) is 2.35. The van der Waals surface area contributed by atoms with Gasteiger partial charge in [0.05, 0.1) is 5.69 Å². The molecular formula is C11H17N5O. The molecule has 1 amide bonds. The number of anilines is 1. The van der Waals surface area contributed by atoms with Crippen molar-refractivity contribution in [3.63, 3.8) is 0 Å². The quantitative estimate of drug-likeness (QED) is 0.780. The highest BCUT2D eigenvalue weighted by Gasteiger charge is 2.12. The zero-order valence-electron chi connectivity index (χ0n) is 10.4. The van der Waals surface area contributed by atoms with Crippen LogP contribution in [0, 0.1) is 18.3 Å². The maximum atomic E-state index is 11.2. The van der Waals surface area contributed by atoms with Crippen LogP contribution in [0.5, 0.6) is 0 Å². The first-order chi connectivity index (χ1) is 8.10. The lowest BCUT2D eigenvalue weighted by molar-refractivity contribution is -0.120. The van der Waals surface area contributed by atoms with Gasteiger partial charge in [-0.15, -0.1) is 0 Å². The molecule has 2 N–H and O–H groups in total. The molecule has 0 aliphatic carbocycles. The Bertz CT molecular complexity index is 443. The van der Waals surface area contributed by atoms with Gasteiger partial charge in [-0.3, -0.25) is 9.48 Å². The molecule has 0 aliphatic rings. The molecule has 0 spiro atoms. The molecule has 0 saturated heterocycles. The molecule has 1 aromatic rings. The van der Waals surface area contributed by atoms with Gasteiger partial charge in [-0.05, 0) is 13.8 Å². The lowest BCUT2D eigenvalue weighted by Gasteiger charge is -2.06. The lowest BCUT2D eigenvalue weighted by Crippen LogP contribution is -2.25. The van der Waals surface area contributed by atoms with Gasteiger partial charge >= 0.3 is 0 Å². The second-order valence-corrected chi connectivity index (χ2v) is 3.67. The lowest BCUT2D eigenvalue weighted by atomic mass is 10.2. The van der Waals surface area contributed by atoms with Gasteiger partial charge in [0, 0.05) is 26.6 Å². The summed E-state index contributed by atoms with van der Waals surface area (Å²) in [6, 6.07) is 2.10. The molecule has 1 aromatic heterocycles. The van der Waals surface area contributed by atoms with E-state index in [-0.39, 0.29) is 5.91 Å². The smallest absolute Gasteiger partial charge is 0.221 e. The third-order valence-corrected chi connectivity index (χ3v) is 2.35. The molecule has 0 saturated carbocycles. The van der Waals surface area contributed by atoms with Gasteiger partial charge in [-0.25, -0.2) is 0 Å². The number of carbonyl (C=O) groups is 1. The van der Waals surface area contributed by atoms with Crippen molar-refractivity contribution in [2.75, 3.05) is 18.4 Å². The number of nitriles is 1. The predicted molar refractivity (Wildman–Crippen MR) is 64.5 cm³/mol. The van der Waals surface area contributed by atoms with E-state index in [4.69, 9.17) is 5.26 Å². The van der Waals surface area contributed by atoms with Crippen molar-refractivity contribution in [3.05, 3.63) is 11.3 Å². The van der Waals surface area contributed by atoms with Crippen LogP contribution >= 0.6 is 0 Å². The van der Waals surface area contributed by atoms with Crippen LogP contribution in [-0.4, -0.2) is 28.8 Å². The fraction of sp³-hybridized carbons (Fsp3) is 0.545. The molecule has 1 rings (SSSR count). The maximum absolute atomic E-state index is 11.2. The van der Waals surface area contributed by atoms with Gasteiger partial charge < -0.3 is 10.6 Å². The van der Waals surface area contributed by atoms with Crippen molar-refractivity contribution in [2.45, 2.75) is 20.3 Å². The Hall–Kier alpha value is -2.03. The monoisotopic (exact) mass is 235 g/mol. The molecule has 0 aromatic carbocycles. The summed E-state index contributed by atoms with van der Waals surface area (Å²) >= 11 is 0. The number of hydrogen-bond donors (Lipinski definition) is 2. The van der Waals surface area contributed by atoms with Crippen molar-refractivity contribution in [1.82, 2.24) is 15.1 Å². The minimum atomic E-state index is -0.00241. The van der Waals surface area contributed by atoms with Crippen molar-refractivity contribution in [3.8, 4) is 6.07 Å². The molecule has 6 nitrogen and oxygen atoms in total. The van der Waals surface area contributed by atoms with E-state index in [1.165, 1.54) is 0 Å². The van der Waals surface area contributed by atoms with Crippen molar-refractivity contribution < 1.29 is 4.79 Å². The number of hydrogen-bond acceptors (Lipinski definition) is 4. The number of aryl methyl sites for hydroxylation is 2. The predicted octanol–water partition coefficient (Wildman–Crippen LogP) is 0.538. The van der Waals surface area contributed by atoms with Gasteiger partial charge in [0.25, 0.3) is 0 Å². The van der Waals surface area contributed by atoms with Gasteiger partial charge in [-0.1, -0.05) is 0 Å². The van der Waals surface area contributed by atoms with E-state index in [2.05, 4.69) is 21.8 Å². The van der Waals surface area contributed by atoms with Crippen molar-refractivity contribution in [1.29, 1.82) is 5.26 Å². The molecule has 6 heteroatoms. The average Bonchev–Trinajstić information content (AvgIpc) is 2.54. The average molecular weight is 235 g/mol. The minimum Gasteiger partial charge on any atom is -0.369 e. The number of nitrogens with one attached hydrogen (secondary N) is 2. The molecule has 17 heavy (non-hydrogen) atoms. The summed E-state index contributed by atoms with van der Waals surface area (Å²) in [7, 11) is 1.77. The molecular weight excluding hydrogens is 218 g/mol. The van der Waals surface area contributed by atoms with E-state index in [0.717, 1.165) is 0 Å². The van der Waals surface area contributed by atoms with E-state index in [9.17, 15) is 4.79 Å². The second kappa shape index (κ2) is 5.89. The highest BCUT2D eigenvalue weighted by Crippen LogP contribution is 2.16. The SMILES string of the molecule is CCNC(=O)CCNc1c(C#N)c(C)nn1C.